The van der Waals surface area contributed by atoms with Crippen LogP contribution in [0.4, 0.5) is 17.3 Å². The first-order chi connectivity index (χ1) is 25.9. The highest BCUT2D eigenvalue weighted by Gasteiger charge is 2.40. The molecule has 1 fully saturated rings. The molecule has 0 spiro atoms. The summed E-state index contributed by atoms with van der Waals surface area (Å²) in [7, 11) is 0. The smallest absolute Gasteiger partial charge is 0.272 e. The SMILES string of the molecule is CC1CC=CN2C(=C1c1ccccc1)c1c(C(=O)Nc3cccnc3N3CCN(c4ccccn4)CC3)[nH]c3cc(Cl)cc(c13)C2c1ccc(Cl)cc1. The van der Waals surface area contributed by atoms with Crippen molar-refractivity contribution in [3.05, 3.63) is 160 Å². The summed E-state index contributed by atoms with van der Waals surface area (Å²) in [6.45, 7) is 5.34. The minimum Gasteiger partial charge on any atom is -0.353 e. The summed E-state index contributed by atoms with van der Waals surface area (Å²) in [6.07, 6.45) is 8.86. The van der Waals surface area contributed by atoms with Crippen LogP contribution >= 0.6 is 23.2 Å². The summed E-state index contributed by atoms with van der Waals surface area (Å²) in [5, 5.41) is 5.53. The third-order valence-electron chi connectivity index (χ3n) is 10.5. The number of H-pyrrole nitrogens is 1. The molecular formula is C43H37Cl2N7O. The molecule has 1 amide bonds. The van der Waals surface area contributed by atoms with Crippen LogP contribution in [-0.4, -0.2) is 51.9 Å². The highest BCUT2D eigenvalue weighted by Crippen LogP contribution is 2.53. The Morgan fingerprint density at radius 1 is 0.830 bits per heavy atom. The van der Waals surface area contributed by atoms with Gasteiger partial charge in [0.2, 0.25) is 0 Å². The molecule has 3 aliphatic heterocycles. The monoisotopic (exact) mass is 737 g/mol. The van der Waals surface area contributed by atoms with E-state index in [2.05, 4.69) is 85.6 Å². The zero-order chi connectivity index (χ0) is 36.1. The second-order valence-electron chi connectivity index (χ2n) is 13.8. The van der Waals surface area contributed by atoms with Gasteiger partial charge >= 0.3 is 0 Å². The van der Waals surface area contributed by atoms with Gasteiger partial charge in [-0.25, -0.2) is 9.97 Å². The molecule has 0 saturated carbocycles. The Morgan fingerprint density at radius 3 is 2.36 bits per heavy atom. The molecule has 2 N–H and O–H groups in total. The highest BCUT2D eigenvalue weighted by atomic mass is 35.5. The molecule has 2 atom stereocenters. The van der Waals surface area contributed by atoms with Crippen LogP contribution in [0.3, 0.4) is 0 Å². The highest BCUT2D eigenvalue weighted by molar-refractivity contribution is 6.32. The maximum Gasteiger partial charge on any atom is 0.272 e. The molecule has 6 aromatic rings. The Morgan fingerprint density at radius 2 is 1.58 bits per heavy atom. The van der Waals surface area contributed by atoms with Crippen LogP contribution < -0.4 is 15.1 Å². The van der Waals surface area contributed by atoms with Gasteiger partial charge in [-0.05, 0) is 83.1 Å². The number of rotatable bonds is 6. The number of hydrogen-bond acceptors (Lipinski definition) is 6. The predicted molar refractivity (Wildman–Crippen MR) is 215 cm³/mol. The first kappa shape index (κ1) is 33.3. The van der Waals surface area contributed by atoms with Crippen molar-refractivity contribution in [2.75, 3.05) is 41.3 Å². The van der Waals surface area contributed by atoms with Gasteiger partial charge in [0.1, 0.15) is 11.5 Å². The standard InChI is InChI=1S/C43H37Cl2N7O/c1-27-9-8-20-52-40(29-14-16-30(44)17-15-29)32-25-31(45)26-34-37(32)38(41(52)36(27)28-10-3-2-4-11-28)39(48-34)43(53)49-33-12-7-19-47-42(33)51-23-21-50(22-24-51)35-13-5-6-18-46-35/h2-8,10-20,25-27,40,48H,9,21-24H2,1H3,(H,49,53). The number of amides is 1. The van der Waals surface area contributed by atoms with Gasteiger partial charge in [-0.3, -0.25) is 4.79 Å². The second-order valence-corrected chi connectivity index (χ2v) is 14.7. The van der Waals surface area contributed by atoms with Crippen molar-refractivity contribution in [1.82, 2.24) is 19.9 Å². The van der Waals surface area contributed by atoms with E-state index in [1.807, 2.05) is 66.9 Å². The molecule has 10 heteroatoms. The molecule has 0 bridgehead atoms. The van der Waals surface area contributed by atoms with Gasteiger partial charge < -0.3 is 25.0 Å². The van der Waals surface area contributed by atoms with E-state index in [0.717, 1.165) is 83.1 Å². The first-order valence-corrected chi connectivity index (χ1v) is 18.7. The largest absolute Gasteiger partial charge is 0.353 e. The van der Waals surface area contributed by atoms with Crippen LogP contribution in [0.1, 0.15) is 52.1 Å². The number of allylic oxidation sites excluding steroid dienone is 2. The fourth-order valence-electron chi connectivity index (χ4n) is 8.17. The minimum absolute atomic E-state index is 0.170. The quantitative estimate of drug-likeness (QED) is 0.177. The average Bonchev–Trinajstić information content (AvgIpc) is 3.48. The molecule has 9 rings (SSSR count). The maximum atomic E-state index is 14.8. The summed E-state index contributed by atoms with van der Waals surface area (Å²) in [6, 6.07) is 32.0. The molecule has 6 heterocycles. The number of hydrogen-bond donors (Lipinski definition) is 2. The predicted octanol–water partition coefficient (Wildman–Crippen LogP) is 9.67. The third kappa shape index (κ3) is 6.02. The zero-order valence-corrected chi connectivity index (χ0v) is 30.6. The number of benzene rings is 3. The number of aromatic amines is 1. The fraction of sp³-hybridized carbons (Fsp3) is 0.186. The lowest BCUT2D eigenvalue weighted by molar-refractivity contribution is 0.102. The van der Waals surface area contributed by atoms with E-state index in [9.17, 15) is 4.79 Å². The van der Waals surface area contributed by atoms with Crippen molar-refractivity contribution < 1.29 is 4.79 Å². The van der Waals surface area contributed by atoms with Crippen LogP contribution in [0.5, 0.6) is 0 Å². The lowest BCUT2D eigenvalue weighted by Gasteiger charge is -2.39. The maximum absolute atomic E-state index is 14.8. The summed E-state index contributed by atoms with van der Waals surface area (Å²) in [4.78, 5) is 34.5. The van der Waals surface area contributed by atoms with Gasteiger partial charge in [0.05, 0.1) is 17.4 Å². The third-order valence-corrected chi connectivity index (χ3v) is 11.0. The molecule has 8 nitrogen and oxygen atoms in total. The number of pyridine rings is 2. The summed E-state index contributed by atoms with van der Waals surface area (Å²) < 4.78 is 0. The van der Waals surface area contributed by atoms with Gasteiger partial charge in [0.25, 0.3) is 5.91 Å². The molecule has 264 valence electrons. The minimum atomic E-state index is -0.245. The number of anilines is 3. The Labute approximate surface area is 318 Å². The Kier molecular flexibility index (Phi) is 8.64. The van der Waals surface area contributed by atoms with Crippen LogP contribution in [-0.2, 0) is 0 Å². The number of aromatic nitrogens is 3. The molecule has 3 aromatic carbocycles. The van der Waals surface area contributed by atoms with E-state index in [4.69, 9.17) is 28.2 Å². The van der Waals surface area contributed by atoms with Crippen molar-refractivity contribution >= 4 is 68.6 Å². The molecule has 0 radical (unpaired) electrons. The van der Waals surface area contributed by atoms with E-state index < -0.39 is 0 Å². The molecule has 53 heavy (non-hydrogen) atoms. The summed E-state index contributed by atoms with van der Waals surface area (Å²) >= 11 is 13.3. The van der Waals surface area contributed by atoms with E-state index in [1.165, 1.54) is 5.57 Å². The van der Waals surface area contributed by atoms with Crippen molar-refractivity contribution in [3.8, 4) is 0 Å². The Bertz CT molecular complexity index is 2380. The number of halogens is 2. The number of piperazine rings is 1. The van der Waals surface area contributed by atoms with Crippen molar-refractivity contribution in [1.29, 1.82) is 0 Å². The average molecular weight is 739 g/mol. The fourth-order valence-corrected chi connectivity index (χ4v) is 8.52. The molecule has 1 saturated heterocycles. The Hall–Kier alpha value is -5.57. The zero-order valence-electron chi connectivity index (χ0n) is 29.1. The van der Waals surface area contributed by atoms with E-state index in [-0.39, 0.29) is 17.9 Å². The number of nitrogens with zero attached hydrogens (tertiary/aromatic N) is 5. The van der Waals surface area contributed by atoms with Gasteiger partial charge in [0.15, 0.2) is 5.82 Å². The topological polar surface area (TPSA) is 80.4 Å². The summed E-state index contributed by atoms with van der Waals surface area (Å²) in [5.41, 5.74) is 8.20. The second kappa shape index (κ2) is 13.8. The number of carbonyl (C=O) groups excluding carboxylic acids is 1. The van der Waals surface area contributed by atoms with Crippen LogP contribution in [0.15, 0.2) is 122 Å². The molecular weight excluding hydrogens is 701 g/mol. The molecule has 3 aromatic heterocycles. The van der Waals surface area contributed by atoms with Gasteiger partial charge in [0, 0.05) is 71.3 Å². The van der Waals surface area contributed by atoms with Crippen LogP contribution in [0, 0.1) is 5.92 Å². The van der Waals surface area contributed by atoms with E-state index in [1.54, 1.807) is 6.20 Å². The van der Waals surface area contributed by atoms with Gasteiger partial charge in [-0.1, -0.05) is 84.7 Å². The van der Waals surface area contributed by atoms with Crippen LogP contribution in [0.25, 0.3) is 22.2 Å². The lowest BCUT2D eigenvalue weighted by Crippen LogP contribution is -2.47. The lowest BCUT2D eigenvalue weighted by atomic mass is 9.82. The van der Waals surface area contributed by atoms with E-state index >= 15 is 0 Å². The molecule has 3 aliphatic rings. The van der Waals surface area contributed by atoms with Crippen LogP contribution in [0.2, 0.25) is 10.0 Å². The number of carbonyl (C=O) groups is 1. The number of fused-ring (bicyclic) bond motifs is 2. The van der Waals surface area contributed by atoms with Gasteiger partial charge in [-0.15, -0.1) is 0 Å². The van der Waals surface area contributed by atoms with Crippen molar-refractivity contribution in [3.63, 3.8) is 0 Å². The first-order valence-electron chi connectivity index (χ1n) is 18.0. The molecule has 2 unspecified atom stereocenters. The molecule has 0 aliphatic carbocycles. The van der Waals surface area contributed by atoms with Crippen molar-refractivity contribution in [2.45, 2.75) is 19.4 Å². The normalized spacial score (nSPS) is 18.3. The number of nitrogens with one attached hydrogen (secondary N) is 2. The van der Waals surface area contributed by atoms with Crippen molar-refractivity contribution in [2.24, 2.45) is 5.92 Å². The van der Waals surface area contributed by atoms with E-state index in [0.29, 0.717) is 21.4 Å². The van der Waals surface area contributed by atoms with Gasteiger partial charge in [-0.2, -0.15) is 0 Å². The Balaban J connectivity index is 1.18. The summed E-state index contributed by atoms with van der Waals surface area (Å²) in [5.74, 6) is 1.64.